The summed E-state index contributed by atoms with van der Waals surface area (Å²) in [4.78, 5) is 11.3. The van der Waals surface area contributed by atoms with E-state index in [0.29, 0.717) is 6.42 Å². The average molecular weight is 225 g/mol. The smallest absolute Gasteiger partial charge is 0.306 e. The second kappa shape index (κ2) is 5.65. The topological polar surface area (TPSA) is 70.1 Å². The summed E-state index contributed by atoms with van der Waals surface area (Å²) in [5.41, 5.74) is 7.00. The number of aromatic nitrogens is 2. The molecule has 5 heteroatoms. The number of ether oxygens (including phenoxy) is 1. The third kappa shape index (κ3) is 2.82. The van der Waals surface area contributed by atoms with Gasteiger partial charge in [0.15, 0.2) is 0 Å². The summed E-state index contributed by atoms with van der Waals surface area (Å²) in [6.07, 6.45) is 2.82. The molecule has 0 fully saturated rings. The zero-order valence-electron chi connectivity index (χ0n) is 10.0. The molecule has 2 N–H and O–H groups in total. The molecule has 0 saturated heterocycles. The van der Waals surface area contributed by atoms with Crippen LogP contribution in [0, 0.1) is 0 Å². The predicted octanol–water partition coefficient (Wildman–Crippen LogP) is 0.804. The predicted molar refractivity (Wildman–Crippen MR) is 60.8 cm³/mol. The maximum Gasteiger partial charge on any atom is 0.306 e. The molecule has 1 rings (SSSR count). The van der Waals surface area contributed by atoms with Crippen LogP contribution in [0.25, 0.3) is 0 Å². The van der Waals surface area contributed by atoms with Gasteiger partial charge in [0, 0.05) is 30.9 Å². The summed E-state index contributed by atoms with van der Waals surface area (Å²) in [6.45, 7) is 2.01. The van der Waals surface area contributed by atoms with Gasteiger partial charge in [-0.3, -0.25) is 9.48 Å². The Hall–Kier alpha value is -1.36. The monoisotopic (exact) mass is 225 g/mol. The standard InChI is InChI=1S/C11H19N3O2/c1-4-9(12)8(7-11(15)16-3)10-5-6-13-14(10)2/h5-6,8-9H,4,7,12H2,1-3H3. The van der Waals surface area contributed by atoms with E-state index in [1.54, 1.807) is 10.9 Å². The van der Waals surface area contributed by atoms with Crippen LogP contribution in [0.2, 0.25) is 0 Å². The van der Waals surface area contributed by atoms with Gasteiger partial charge in [0.2, 0.25) is 0 Å². The van der Waals surface area contributed by atoms with E-state index in [4.69, 9.17) is 5.73 Å². The van der Waals surface area contributed by atoms with Crippen molar-refractivity contribution < 1.29 is 9.53 Å². The summed E-state index contributed by atoms with van der Waals surface area (Å²) in [7, 11) is 3.24. The molecule has 0 aromatic carbocycles. The summed E-state index contributed by atoms with van der Waals surface area (Å²) >= 11 is 0. The Kier molecular flexibility index (Phi) is 4.49. The molecular weight excluding hydrogens is 206 g/mol. The number of hydrogen-bond donors (Lipinski definition) is 1. The van der Waals surface area contributed by atoms with Crippen molar-refractivity contribution in [3.63, 3.8) is 0 Å². The molecule has 0 bridgehead atoms. The molecule has 0 amide bonds. The van der Waals surface area contributed by atoms with Crippen molar-refractivity contribution in [1.29, 1.82) is 0 Å². The van der Waals surface area contributed by atoms with Crippen LogP contribution in [-0.4, -0.2) is 28.9 Å². The van der Waals surface area contributed by atoms with Crippen LogP contribution < -0.4 is 5.73 Å². The fourth-order valence-electron chi connectivity index (χ4n) is 1.77. The molecule has 0 radical (unpaired) electrons. The number of rotatable bonds is 5. The number of carbonyl (C=O) groups excluding carboxylic acids is 1. The van der Waals surface area contributed by atoms with Gasteiger partial charge in [0.25, 0.3) is 0 Å². The minimum absolute atomic E-state index is 0.0371. The van der Waals surface area contributed by atoms with Crippen molar-refractivity contribution >= 4 is 5.97 Å². The second-order valence-corrected chi connectivity index (χ2v) is 3.84. The van der Waals surface area contributed by atoms with Crippen LogP contribution in [0.5, 0.6) is 0 Å². The Morgan fingerprint density at radius 2 is 2.38 bits per heavy atom. The van der Waals surface area contributed by atoms with E-state index in [1.807, 2.05) is 20.0 Å². The molecule has 1 aromatic heterocycles. The van der Waals surface area contributed by atoms with Gasteiger partial charge in [-0.1, -0.05) is 6.92 Å². The number of methoxy groups -OCH3 is 1. The Bertz CT molecular complexity index is 349. The van der Waals surface area contributed by atoms with Crippen molar-refractivity contribution in [2.75, 3.05) is 7.11 Å². The molecule has 5 nitrogen and oxygen atoms in total. The maximum atomic E-state index is 11.3. The van der Waals surface area contributed by atoms with Gasteiger partial charge in [0.1, 0.15) is 0 Å². The number of nitrogens with two attached hydrogens (primary N) is 1. The first-order chi connectivity index (χ1) is 7.60. The minimum Gasteiger partial charge on any atom is -0.469 e. The quantitative estimate of drug-likeness (QED) is 0.753. The van der Waals surface area contributed by atoms with E-state index in [2.05, 4.69) is 9.84 Å². The van der Waals surface area contributed by atoms with E-state index < -0.39 is 0 Å². The third-order valence-electron chi connectivity index (χ3n) is 2.84. The number of esters is 1. The summed E-state index contributed by atoms with van der Waals surface area (Å²) in [5, 5.41) is 4.10. The SMILES string of the molecule is CCC(N)C(CC(=O)OC)c1ccnn1C. The first kappa shape index (κ1) is 12.7. The average Bonchev–Trinajstić information content (AvgIpc) is 2.70. The van der Waals surface area contributed by atoms with Gasteiger partial charge in [-0.2, -0.15) is 5.10 Å². The Morgan fingerprint density at radius 3 is 2.81 bits per heavy atom. The number of nitrogens with zero attached hydrogens (tertiary/aromatic N) is 2. The fourth-order valence-corrected chi connectivity index (χ4v) is 1.77. The van der Waals surface area contributed by atoms with E-state index >= 15 is 0 Å². The first-order valence-corrected chi connectivity index (χ1v) is 5.40. The van der Waals surface area contributed by atoms with E-state index in [-0.39, 0.29) is 17.9 Å². The van der Waals surface area contributed by atoms with Crippen LogP contribution in [0.1, 0.15) is 31.4 Å². The van der Waals surface area contributed by atoms with Crippen molar-refractivity contribution in [2.45, 2.75) is 31.7 Å². The van der Waals surface area contributed by atoms with E-state index in [1.165, 1.54) is 7.11 Å². The Morgan fingerprint density at radius 1 is 1.69 bits per heavy atom. The molecule has 2 atom stereocenters. The number of hydrogen-bond acceptors (Lipinski definition) is 4. The highest BCUT2D eigenvalue weighted by Crippen LogP contribution is 2.23. The summed E-state index contributed by atoms with van der Waals surface area (Å²) in [5.74, 6) is -0.278. The molecule has 90 valence electrons. The van der Waals surface area contributed by atoms with Gasteiger partial charge in [-0.15, -0.1) is 0 Å². The lowest BCUT2D eigenvalue weighted by Crippen LogP contribution is -2.31. The lowest BCUT2D eigenvalue weighted by atomic mass is 9.91. The van der Waals surface area contributed by atoms with Crippen LogP contribution >= 0.6 is 0 Å². The molecule has 2 unspecified atom stereocenters. The zero-order valence-corrected chi connectivity index (χ0v) is 10.0. The number of aryl methyl sites for hydroxylation is 1. The van der Waals surface area contributed by atoms with Gasteiger partial charge in [-0.05, 0) is 12.5 Å². The highest BCUT2D eigenvalue weighted by atomic mass is 16.5. The van der Waals surface area contributed by atoms with E-state index in [9.17, 15) is 4.79 Å². The highest BCUT2D eigenvalue weighted by molar-refractivity contribution is 5.70. The fraction of sp³-hybridized carbons (Fsp3) is 0.636. The van der Waals surface area contributed by atoms with Crippen LogP contribution in [0.15, 0.2) is 12.3 Å². The van der Waals surface area contributed by atoms with Gasteiger partial charge in [-0.25, -0.2) is 0 Å². The molecule has 16 heavy (non-hydrogen) atoms. The molecular formula is C11H19N3O2. The number of carbonyl (C=O) groups is 1. The maximum absolute atomic E-state index is 11.3. The molecule has 0 aliphatic heterocycles. The van der Waals surface area contributed by atoms with Crippen molar-refractivity contribution in [3.05, 3.63) is 18.0 Å². The van der Waals surface area contributed by atoms with Crippen LogP contribution in [-0.2, 0) is 16.6 Å². The highest BCUT2D eigenvalue weighted by Gasteiger charge is 2.24. The lowest BCUT2D eigenvalue weighted by molar-refractivity contribution is -0.141. The summed E-state index contributed by atoms with van der Waals surface area (Å²) < 4.78 is 6.44. The normalized spacial score (nSPS) is 14.5. The van der Waals surface area contributed by atoms with Crippen molar-refractivity contribution in [3.8, 4) is 0 Å². The Balaban J connectivity index is 2.88. The third-order valence-corrected chi connectivity index (χ3v) is 2.84. The largest absolute Gasteiger partial charge is 0.469 e. The molecule has 1 heterocycles. The molecule has 0 aliphatic rings. The van der Waals surface area contributed by atoms with Crippen molar-refractivity contribution in [1.82, 2.24) is 9.78 Å². The first-order valence-electron chi connectivity index (χ1n) is 5.40. The second-order valence-electron chi connectivity index (χ2n) is 3.84. The van der Waals surface area contributed by atoms with Gasteiger partial charge in [0.05, 0.1) is 13.5 Å². The Labute approximate surface area is 95.6 Å². The molecule has 0 saturated carbocycles. The van der Waals surface area contributed by atoms with Gasteiger partial charge >= 0.3 is 5.97 Å². The molecule has 1 aromatic rings. The van der Waals surface area contributed by atoms with Crippen LogP contribution in [0.4, 0.5) is 0 Å². The molecule has 0 spiro atoms. The van der Waals surface area contributed by atoms with Crippen LogP contribution in [0.3, 0.4) is 0 Å². The van der Waals surface area contributed by atoms with Crippen molar-refractivity contribution in [2.24, 2.45) is 12.8 Å². The summed E-state index contributed by atoms with van der Waals surface area (Å²) in [6, 6.07) is 1.83. The zero-order chi connectivity index (χ0) is 12.1. The lowest BCUT2D eigenvalue weighted by Gasteiger charge is -2.21. The van der Waals surface area contributed by atoms with E-state index in [0.717, 1.165) is 12.1 Å². The minimum atomic E-state index is -0.241. The van der Waals surface area contributed by atoms with Gasteiger partial charge < -0.3 is 10.5 Å². The molecule has 0 aliphatic carbocycles.